The van der Waals surface area contributed by atoms with E-state index in [2.05, 4.69) is 5.10 Å². The molecule has 0 aliphatic carbocycles. The normalized spacial score (nSPS) is 14.6. The van der Waals surface area contributed by atoms with Gasteiger partial charge in [0.2, 0.25) is 0 Å². The average Bonchev–Trinajstić information content (AvgIpc) is 2.64. The first kappa shape index (κ1) is 16.4. The van der Waals surface area contributed by atoms with Crippen molar-refractivity contribution in [1.29, 1.82) is 0 Å². The molecular formula is C13H23ClFN3O. The van der Waals surface area contributed by atoms with Crippen LogP contribution in [0, 0.1) is 6.92 Å². The van der Waals surface area contributed by atoms with E-state index in [1.165, 1.54) is 7.11 Å². The quantitative estimate of drug-likeness (QED) is 0.801. The van der Waals surface area contributed by atoms with Gasteiger partial charge >= 0.3 is 0 Å². The lowest BCUT2D eigenvalue weighted by Gasteiger charge is -2.25. The van der Waals surface area contributed by atoms with Crippen molar-refractivity contribution in [2.75, 3.05) is 20.3 Å². The third kappa shape index (κ3) is 4.16. The second-order valence-electron chi connectivity index (χ2n) is 4.81. The number of aryl methyl sites for hydroxylation is 2. The second-order valence-corrected chi connectivity index (χ2v) is 5.19. The molecule has 19 heavy (non-hydrogen) atoms. The summed E-state index contributed by atoms with van der Waals surface area (Å²) < 4.78 is 21.7. The van der Waals surface area contributed by atoms with E-state index in [9.17, 15) is 4.39 Å². The number of nitrogens with two attached hydrogens (primary N) is 1. The van der Waals surface area contributed by atoms with Crippen molar-refractivity contribution in [3.63, 3.8) is 0 Å². The Morgan fingerprint density at radius 1 is 1.53 bits per heavy atom. The third-order valence-corrected chi connectivity index (χ3v) is 3.66. The fraction of sp³-hybridized carbons (Fsp3) is 0.769. The lowest BCUT2D eigenvalue weighted by atomic mass is 9.94. The number of ether oxygens (including phenoxy) is 1. The summed E-state index contributed by atoms with van der Waals surface area (Å²) in [6.45, 7) is 4.96. The Labute approximate surface area is 119 Å². The molecule has 1 heterocycles. The van der Waals surface area contributed by atoms with Crippen molar-refractivity contribution >= 4 is 11.6 Å². The monoisotopic (exact) mass is 291 g/mol. The maximum absolute atomic E-state index is 14.9. The molecule has 1 rings (SSSR count). The van der Waals surface area contributed by atoms with Gasteiger partial charge in [0.15, 0.2) is 0 Å². The van der Waals surface area contributed by atoms with Crippen LogP contribution in [0.25, 0.3) is 0 Å². The van der Waals surface area contributed by atoms with Gasteiger partial charge < -0.3 is 10.5 Å². The van der Waals surface area contributed by atoms with E-state index >= 15 is 0 Å². The van der Waals surface area contributed by atoms with E-state index in [1.807, 2.05) is 13.8 Å². The Morgan fingerprint density at radius 3 is 2.74 bits per heavy atom. The molecule has 1 unspecified atom stereocenters. The molecule has 0 amide bonds. The van der Waals surface area contributed by atoms with Gasteiger partial charge in [-0.15, -0.1) is 0 Å². The summed E-state index contributed by atoms with van der Waals surface area (Å²) in [6.07, 6.45) is 1.19. The molecular weight excluding hydrogens is 269 g/mol. The Balaban J connectivity index is 2.95. The van der Waals surface area contributed by atoms with E-state index in [1.54, 1.807) is 4.68 Å². The van der Waals surface area contributed by atoms with Gasteiger partial charge in [-0.25, -0.2) is 4.39 Å². The number of nitrogens with zero attached hydrogens (tertiary/aromatic N) is 2. The van der Waals surface area contributed by atoms with Crippen LogP contribution in [0.15, 0.2) is 0 Å². The van der Waals surface area contributed by atoms with Gasteiger partial charge in [0.1, 0.15) is 5.67 Å². The van der Waals surface area contributed by atoms with Crippen molar-refractivity contribution in [3.05, 3.63) is 16.4 Å². The van der Waals surface area contributed by atoms with Crippen LogP contribution >= 0.6 is 11.6 Å². The fourth-order valence-corrected chi connectivity index (χ4v) is 2.43. The van der Waals surface area contributed by atoms with Gasteiger partial charge in [-0.05, 0) is 33.2 Å². The zero-order valence-electron chi connectivity index (χ0n) is 11.9. The molecule has 1 aromatic rings. The van der Waals surface area contributed by atoms with Crippen LogP contribution in [-0.2, 0) is 17.7 Å². The van der Waals surface area contributed by atoms with Crippen LogP contribution < -0.4 is 5.73 Å². The first-order chi connectivity index (χ1) is 8.97. The molecule has 0 radical (unpaired) electrons. The number of halogens is 2. The molecule has 6 heteroatoms. The molecule has 1 aromatic heterocycles. The molecule has 110 valence electrons. The summed E-state index contributed by atoms with van der Waals surface area (Å²) in [5.74, 6) is 0. The molecule has 0 saturated heterocycles. The SMILES string of the molecule is CCn1nc(C)c(Cl)c1CC(F)(CCCN)COC. The highest BCUT2D eigenvalue weighted by molar-refractivity contribution is 6.31. The highest BCUT2D eigenvalue weighted by Gasteiger charge is 2.32. The zero-order chi connectivity index (χ0) is 14.5. The highest BCUT2D eigenvalue weighted by Crippen LogP contribution is 2.29. The van der Waals surface area contributed by atoms with E-state index in [-0.39, 0.29) is 13.0 Å². The second kappa shape index (κ2) is 7.22. The topological polar surface area (TPSA) is 53.1 Å². The summed E-state index contributed by atoms with van der Waals surface area (Å²) in [5.41, 5.74) is 5.48. The van der Waals surface area contributed by atoms with Gasteiger partial charge in [-0.1, -0.05) is 11.6 Å². The lowest BCUT2D eigenvalue weighted by molar-refractivity contribution is 0.0320. The van der Waals surface area contributed by atoms with Crippen molar-refractivity contribution < 1.29 is 9.13 Å². The van der Waals surface area contributed by atoms with Crippen molar-refractivity contribution in [1.82, 2.24) is 9.78 Å². The molecule has 2 N–H and O–H groups in total. The molecule has 1 atom stereocenters. The van der Waals surface area contributed by atoms with Crippen LogP contribution in [0.5, 0.6) is 0 Å². The standard InChI is InChI=1S/C13H23ClFN3O/c1-4-18-11(12(14)10(2)17-18)8-13(15,9-19-3)6-5-7-16/h4-9,16H2,1-3H3. The molecule has 0 saturated carbocycles. The maximum atomic E-state index is 14.9. The van der Waals surface area contributed by atoms with Crippen LogP contribution in [0.2, 0.25) is 5.02 Å². The Kier molecular flexibility index (Phi) is 6.23. The van der Waals surface area contributed by atoms with Crippen LogP contribution in [0.1, 0.15) is 31.2 Å². The highest BCUT2D eigenvalue weighted by atomic mass is 35.5. The number of hydrogen-bond donors (Lipinski definition) is 1. The van der Waals surface area contributed by atoms with E-state index in [0.29, 0.717) is 31.0 Å². The molecule has 4 nitrogen and oxygen atoms in total. The maximum Gasteiger partial charge on any atom is 0.139 e. The van der Waals surface area contributed by atoms with Crippen molar-refractivity contribution in [3.8, 4) is 0 Å². The predicted octanol–water partition coefficient (Wildman–Crippen LogP) is 2.50. The Morgan fingerprint density at radius 2 is 2.21 bits per heavy atom. The number of alkyl halides is 1. The fourth-order valence-electron chi connectivity index (χ4n) is 2.23. The summed E-state index contributed by atoms with van der Waals surface area (Å²) in [4.78, 5) is 0. The van der Waals surface area contributed by atoms with Crippen molar-refractivity contribution in [2.45, 2.75) is 45.3 Å². The first-order valence-corrected chi connectivity index (χ1v) is 6.95. The minimum Gasteiger partial charge on any atom is -0.381 e. The number of aromatic nitrogens is 2. The first-order valence-electron chi connectivity index (χ1n) is 6.57. The number of rotatable bonds is 8. The zero-order valence-corrected chi connectivity index (χ0v) is 12.6. The third-order valence-electron chi connectivity index (χ3n) is 3.17. The summed E-state index contributed by atoms with van der Waals surface area (Å²) in [7, 11) is 1.50. The van der Waals surface area contributed by atoms with Gasteiger partial charge in [0, 0.05) is 20.1 Å². The van der Waals surface area contributed by atoms with E-state index in [4.69, 9.17) is 22.1 Å². The van der Waals surface area contributed by atoms with Crippen LogP contribution in [0.4, 0.5) is 4.39 Å². The lowest BCUT2D eigenvalue weighted by Crippen LogP contribution is -2.33. The molecule has 0 fully saturated rings. The van der Waals surface area contributed by atoms with E-state index in [0.717, 1.165) is 11.4 Å². The summed E-state index contributed by atoms with van der Waals surface area (Å²) in [5, 5.41) is 4.85. The minimum absolute atomic E-state index is 0.0390. The summed E-state index contributed by atoms with van der Waals surface area (Å²) >= 11 is 6.22. The number of hydrogen-bond acceptors (Lipinski definition) is 3. The Bertz CT molecular complexity index is 411. The summed E-state index contributed by atoms with van der Waals surface area (Å²) in [6, 6.07) is 0. The molecule has 0 bridgehead atoms. The minimum atomic E-state index is -1.45. The average molecular weight is 292 g/mol. The van der Waals surface area contributed by atoms with E-state index < -0.39 is 5.67 Å². The van der Waals surface area contributed by atoms with Gasteiger partial charge in [0.25, 0.3) is 0 Å². The van der Waals surface area contributed by atoms with Crippen molar-refractivity contribution in [2.24, 2.45) is 5.73 Å². The number of methoxy groups -OCH3 is 1. The van der Waals surface area contributed by atoms with Gasteiger partial charge in [-0.2, -0.15) is 5.10 Å². The predicted molar refractivity (Wildman–Crippen MR) is 75.4 cm³/mol. The van der Waals surface area contributed by atoms with Crippen LogP contribution in [0.3, 0.4) is 0 Å². The molecule has 0 spiro atoms. The smallest absolute Gasteiger partial charge is 0.139 e. The molecule has 0 aromatic carbocycles. The van der Waals surface area contributed by atoms with Gasteiger partial charge in [-0.3, -0.25) is 4.68 Å². The van der Waals surface area contributed by atoms with Gasteiger partial charge in [0.05, 0.1) is 23.0 Å². The largest absolute Gasteiger partial charge is 0.381 e. The molecule has 0 aliphatic rings. The van der Waals surface area contributed by atoms with Crippen LogP contribution in [-0.4, -0.2) is 35.7 Å². The Hall–Kier alpha value is -0.650. The molecule has 0 aliphatic heterocycles.